The van der Waals surface area contributed by atoms with Crippen molar-refractivity contribution in [1.82, 2.24) is 4.98 Å². The smallest absolute Gasteiger partial charge is 0.124 e. The zero-order valence-corrected chi connectivity index (χ0v) is 14.6. The van der Waals surface area contributed by atoms with E-state index in [0.29, 0.717) is 0 Å². The Morgan fingerprint density at radius 2 is 2.00 bits per heavy atom. The number of fused-ring (bicyclic) bond motifs is 6. The Hall–Kier alpha value is -1.44. The topological polar surface area (TPSA) is 22.1 Å². The average molecular weight is 467 g/mol. The SMILES string of the molecule is [Ir].[c-]1cccc2ccc3c4c(cnc3c12)C1(CCCC1)CO4. The minimum absolute atomic E-state index is 0. The van der Waals surface area contributed by atoms with Crippen molar-refractivity contribution in [3.05, 3.63) is 48.2 Å². The van der Waals surface area contributed by atoms with Gasteiger partial charge in [-0.05, 0) is 18.4 Å². The van der Waals surface area contributed by atoms with E-state index in [9.17, 15) is 0 Å². The monoisotopic (exact) mass is 467 g/mol. The molecule has 0 unspecified atom stereocenters. The first kappa shape index (κ1) is 14.2. The van der Waals surface area contributed by atoms with Gasteiger partial charge in [0, 0.05) is 42.7 Å². The van der Waals surface area contributed by atoms with Crippen LogP contribution in [0.4, 0.5) is 0 Å². The second kappa shape index (κ2) is 5.04. The summed E-state index contributed by atoms with van der Waals surface area (Å²) in [6.07, 6.45) is 7.18. The molecule has 0 saturated heterocycles. The Morgan fingerprint density at radius 3 is 2.86 bits per heavy atom. The first-order chi connectivity index (χ1) is 10.4. The molecule has 0 N–H and O–H groups in total. The molecule has 0 amide bonds. The molecule has 1 spiro atoms. The summed E-state index contributed by atoms with van der Waals surface area (Å²) in [5.41, 5.74) is 2.59. The molecular weight excluding hydrogens is 450 g/mol. The van der Waals surface area contributed by atoms with Crippen molar-refractivity contribution in [3.8, 4) is 5.75 Å². The van der Waals surface area contributed by atoms with Gasteiger partial charge in [0.15, 0.2) is 0 Å². The van der Waals surface area contributed by atoms with Crippen LogP contribution in [0.1, 0.15) is 31.2 Å². The van der Waals surface area contributed by atoms with E-state index in [1.54, 1.807) is 0 Å². The van der Waals surface area contributed by atoms with Crippen molar-refractivity contribution in [3.63, 3.8) is 0 Å². The van der Waals surface area contributed by atoms with Crippen LogP contribution in [0.3, 0.4) is 0 Å². The predicted octanol–water partition coefficient (Wildman–Crippen LogP) is 4.39. The third-order valence-corrected chi connectivity index (χ3v) is 5.25. The first-order valence-corrected chi connectivity index (χ1v) is 7.73. The van der Waals surface area contributed by atoms with E-state index in [4.69, 9.17) is 9.72 Å². The molecule has 3 heteroatoms. The summed E-state index contributed by atoms with van der Waals surface area (Å²) in [5.74, 6) is 1.07. The summed E-state index contributed by atoms with van der Waals surface area (Å²) in [7, 11) is 0. The van der Waals surface area contributed by atoms with E-state index in [-0.39, 0.29) is 25.5 Å². The van der Waals surface area contributed by atoms with Gasteiger partial charge in [0.2, 0.25) is 0 Å². The largest absolute Gasteiger partial charge is 0.492 e. The summed E-state index contributed by atoms with van der Waals surface area (Å²) < 4.78 is 6.14. The number of hydrogen-bond donors (Lipinski definition) is 0. The molecule has 2 aliphatic rings. The molecule has 1 aromatic heterocycles. The maximum atomic E-state index is 6.14. The molecule has 2 aromatic carbocycles. The van der Waals surface area contributed by atoms with Crippen molar-refractivity contribution in [2.45, 2.75) is 31.1 Å². The quantitative estimate of drug-likeness (QED) is 0.362. The van der Waals surface area contributed by atoms with Crippen LogP contribution in [0.25, 0.3) is 21.7 Å². The number of pyridine rings is 1. The zero-order valence-electron chi connectivity index (χ0n) is 12.2. The molecule has 2 nitrogen and oxygen atoms in total. The van der Waals surface area contributed by atoms with Crippen LogP contribution in [0, 0.1) is 6.07 Å². The molecule has 22 heavy (non-hydrogen) atoms. The minimum Gasteiger partial charge on any atom is -0.492 e. The summed E-state index contributed by atoms with van der Waals surface area (Å²) in [4.78, 5) is 4.79. The number of aromatic nitrogens is 1. The molecule has 5 rings (SSSR count). The van der Waals surface area contributed by atoms with E-state index in [0.717, 1.165) is 28.6 Å². The van der Waals surface area contributed by atoms with Gasteiger partial charge in [-0.25, -0.2) is 0 Å². The Bertz CT molecular complexity index is 868. The van der Waals surface area contributed by atoms with Gasteiger partial charge >= 0.3 is 0 Å². The van der Waals surface area contributed by atoms with Gasteiger partial charge in [-0.1, -0.05) is 25.0 Å². The fourth-order valence-electron chi connectivity index (χ4n) is 4.12. The van der Waals surface area contributed by atoms with Crippen LogP contribution in [0.15, 0.2) is 36.5 Å². The van der Waals surface area contributed by atoms with Gasteiger partial charge in [0.25, 0.3) is 0 Å². The molecule has 2 heterocycles. The molecular formula is C19H16IrNO-. The van der Waals surface area contributed by atoms with E-state index in [1.807, 2.05) is 12.1 Å². The van der Waals surface area contributed by atoms with Crippen LogP contribution in [-0.4, -0.2) is 11.6 Å². The number of benzene rings is 2. The number of hydrogen-bond acceptors (Lipinski definition) is 2. The maximum Gasteiger partial charge on any atom is 0.124 e. The molecule has 1 aliphatic carbocycles. The van der Waals surface area contributed by atoms with Crippen LogP contribution in [0.2, 0.25) is 0 Å². The molecule has 1 fully saturated rings. The first-order valence-electron chi connectivity index (χ1n) is 7.73. The van der Waals surface area contributed by atoms with Crippen molar-refractivity contribution < 1.29 is 24.8 Å². The van der Waals surface area contributed by atoms with Crippen molar-refractivity contribution in [2.75, 3.05) is 6.61 Å². The Labute approximate surface area is 143 Å². The van der Waals surface area contributed by atoms with Crippen molar-refractivity contribution >= 4 is 21.7 Å². The van der Waals surface area contributed by atoms with Gasteiger partial charge in [0.05, 0.1) is 6.61 Å². The van der Waals surface area contributed by atoms with Crippen LogP contribution < -0.4 is 4.74 Å². The third kappa shape index (κ3) is 1.79. The van der Waals surface area contributed by atoms with Crippen LogP contribution >= 0.6 is 0 Å². The van der Waals surface area contributed by atoms with E-state index in [2.05, 4.69) is 30.5 Å². The maximum absolute atomic E-state index is 6.14. The number of nitrogens with zero attached hydrogens (tertiary/aromatic N) is 1. The van der Waals surface area contributed by atoms with E-state index in [1.165, 1.54) is 36.6 Å². The van der Waals surface area contributed by atoms with E-state index >= 15 is 0 Å². The minimum atomic E-state index is 0. The Kier molecular flexibility index (Phi) is 3.25. The number of ether oxygens (including phenoxy) is 1. The van der Waals surface area contributed by atoms with Crippen LogP contribution in [-0.2, 0) is 25.5 Å². The summed E-state index contributed by atoms with van der Waals surface area (Å²) >= 11 is 0. The Morgan fingerprint density at radius 1 is 1.14 bits per heavy atom. The molecule has 1 saturated carbocycles. The zero-order chi connectivity index (χ0) is 13.9. The van der Waals surface area contributed by atoms with Crippen molar-refractivity contribution in [2.24, 2.45) is 0 Å². The average Bonchev–Trinajstić information content (AvgIpc) is 3.16. The Balaban J connectivity index is 0.00000125. The fourth-order valence-corrected chi connectivity index (χ4v) is 4.12. The fraction of sp³-hybridized carbons (Fsp3) is 0.316. The van der Waals surface area contributed by atoms with Gasteiger partial charge in [-0.2, -0.15) is 0 Å². The standard InChI is InChI=1S/C19H16NO.Ir/c1-2-6-14-13(5-1)7-8-15-17(14)20-11-16-18(15)21-12-19(16)9-3-4-10-19;/h1-2,5,7-8,11H,3-4,9-10,12H2;/q-1;. The normalized spacial score (nSPS) is 18.4. The predicted molar refractivity (Wildman–Crippen MR) is 83.7 cm³/mol. The summed E-state index contributed by atoms with van der Waals surface area (Å²) in [5, 5.41) is 3.42. The molecule has 0 bridgehead atoms. The van der Waals surface area contributed by atoms with Gasteiger partial charge in [0.1, 0.15) is 5.75 Å². The molecule has 1 radical (unpaired) electrons. The van der Waals surface area contributed by atoms with E-state index < -0.39 is 0 Å². The summed E-state index contributed by atoms with van der Waals surface area (Å²) in [6.45, 7) is 0.833. The summed E-state index contributed by atoms with van der Waals surface area (Å²) in [6, 6.07) is 13.7. The van der Waals surface area contributed by atoms with Gasteiger partial charge in [-0.15, -0.1) is 35.0 Å². The second-order valence-corrected chi connectivity index (χ2v) is 6.37. The third-order valence-electron chi connectivity index (χ3n) is 5.25. The molecule has 3 aromatic rings. The number of rotatable bonds is 0. The van der Waals surface area contributed by atoms with Gasteiger partial charge in [-0.3, -0.25) is 0 Å². The van der Waals surface area contributed by atoms with Crippen molar-refractivity contribution in [1.29, 1.82) is 0 Å². The van der Waals surface area contributed by atoms with Crippen LogP contribution in [0.5, 0.6) is 5.75 Å². The van der Waals surface area contributed by atoms with Gasteiger partial charge < -0.3 is 9.72 Å². The second-order valence-electron chi connectivity index (χ2n) is 6.37. The molecule has 1 aliphatic heterocycles. The molecule has 0 atom stereocenters. The molecule has 113 valence electrons.